The van der Waals surface area contributed by atoms with Crippen LogP contribution in [0.5, 0.6) is 23.0 Å². The molecule has 0 aromatic heterocycles. The molecule has 3 rings (SSSR count). The van der Waals surface area contributed by atoms with E-state index in [0.29, 0.717) is 39.9 Å². The molecule has 2 N–H and O–H groups in total. The number of rotatable bonds is 8. The molecule has 0 spiro atoms. The molecule has 0 saturated heterocycles. The number of ether oxygens (including phenoxy) is 4. The van der Waals surface area contributed by atoms with E-state index in [9.17, 15) is 9.59 Å². The Balaban J connectivity index is 1.88. The van der Waals surface area contributed by atoms with Crippen LogP contribution in [0, 0.1) is 0 Å². The van der Waals surface area contributed by atoms with Gasteiger partial charge in [0.2, 0.25) is 5.75 Å². The second-order valence-electron chi connectivity index (χ2n) is 6.57. The van der Waals surface area contributed by atoms with Crippen LogP contribution in [0.2, 0.25) is 0 Å². The van der Waals surface area contributed by atoms with E-state index < -0.39 is 11.8 Å². The molecule has 166 valence electrons. The van der Waals surface area contributed by atoms with Crippen LogP contribution in [0.15, 0.2) is 60.7 Å². The molecule has 8 nitrogen and oxygen atoms in total. The highest BCUT2D eigenvalue weighted by molar-refractivity contribution is 6.13. The quantitative estimate of drug-likeness (QED) is 0.549. The lowest BCUT2D eigenvalue weighted by atomic mass is 10.1. The van der Waals surface area contributed by atoms with Crippen molar-refractivity contribution in [1.82, 2.24) is 0 Å². The maximum atomic E-state index is 13.0. The van der Waals surface area contributed by atoms with Crippen LogP contribution in [0.1, 0.15) is 20.7 Å². The van der Waals surface area contributed by atoms with Gasteiger partial charge >= 0.3 is 0 Å². The van der Waals surface area contributed by atoms with Gasteiger partial charge in [-0.3, -0.25) is 9.59 Å². The van der Waals surface area contributed by atoms with Crippen LogP contribution < -0.4 is 29.6 Å². The maximum absolute atomic E-state index is 13.0. The Hall–Kier alpha value is -4.20. The van der Waals surface area contributed by atoms with Crippen LogP contribution in [-0.2, 0) is 0 Å². The Morgan fingerprint density at radius 2 is 1.16 bits per heavy atom. The molecule has 0 heterocycles. The van der Waals surface area contributed by atoms with Gasteiger partial charge in [-0.15, -0.1) is 0 Å². The van der Waals surface area contributed by atoms with Gasteiger partial charge in [0, 0.05) is 5.56 Å². The zero-order valence-electron chi connectivity index (χ0n) is 18.2. The molecule has 0 saturated carbocycles. The van der Waals surface area contributed by atoms with Gasteiger partial charge in [0.25, 0.3) is 11.8 Å². The number of carbonyl (C=O) groups excluding carboxylic acids is 2. The molecule has 0 fully saturated rings. The minimum absolute atomic E-state index is 0.277. The third kappa shape index (κ3) is 4.75. The average molecular weight is 436 g/mol. The number of benzene rings is 3. The summed E-state index contributed by atoms with van der Waals surface area (Å²) < 4.78 is 21.2. The first-order valence-electron chi connectivity index (χ1n) is 9.67. The van der Waals surface area contributed by atoms with E-state index in [4.69, 9.17) is 18.9 Å². The molecular weight excluding hydrogens is 412 g/mol. The van der Waals surface area contributed by atoms with Gasteiger partial charge in [-0.05, 0) is 36.4 Å². The molecule has 32 heavy (non-hydrogen) atoms. The Kier molecular flexibility index (Phi) is 7.17. The Labute approximate surface area is 186 Å². The van der Waals surface area contributed by atoms with E-state index in [1.165, 1.54) is 40.6 Å². The van der Waals surface area contributed by atoms with Crippen LogP contribution in [0.25, 0.3) is 0 Å². The number of nitrogens with one attached hydrogen (secondary N) is 2. The molecule has 2 amide bonds. The van der Waals surface area contributed by atoms with Gasteiger partial charge in [-0.2, -0.15) is 0 Å². The predicted octanol–water partition coefficient (Wildman–Crippen LogP) is 4.23. The lowest BCUT2D eigenvalue weighted by molar-refractivity contribution is 0.102. The molecule has 0 unspecified atom stereocenters. The molecule has 0 atom stereocenters. The number of para-hydroxylation sites is 3. The molecular formula is C24H24N2O6. The van der Waals surface area contributed by atoms with Crippen LogP contribution in [-0.4, -0.2) is 40.3 Å². The van der Waals surface area contributed by atoms with Crippen molar-refractivity contribution in [1.29, 1.82) is 0 Å². The summed E-state index contributed by atoms with van der Waals surface area (Å²) in [7, 11) is 5.94. The molecule has 8 heteroatoms. The number of hydrogen-bond donors (Lipinski definition) is 2. The normalized spacial score (nSPS) is 10.1. The summed E-state index contributed by atoms with van der Waals surface area (Å²) in [4.78, 5) is 25.9. The van der Waals surface area contributed by atoms with Gasteiger partial charge in [-0.25, -0.2) is 0 Å². The van der Waals surface area contributed by atoms with Gasteiger partial charge in [0.15, 0.2) is 11.5 Å². The molecule has 0 radical (unpaired) electrons. The van der Waals surface area contributed by atoms with E-state index in [0.717, 1.165) is 0 Å². The van der Waals surface area contributed by atoms with Crippen molar-refractivity contribution < 1.29 is 28.5 Å². The number of amides is 2. The fraction of sp³-hybridized carbons (Fsp3) is 0.167. The SMILES string of the molecule is COc1ccccc1NC(=O)c1ccccc1NC(=O)c1cc(OC)c(OC)c(OC)c1. The van der Waals surface area contributed by atoms with Crippen molar-refractivity contribution in [3.63, 3.8) is 0 Å². The average Bonchev–Trinajstić information content (AvgIpc) is 2.83. The number of methoxy groups -OCH3 is 4. The summed E-state index contributed by atoms with van der Waals surface area (Å²) in [5.74, 6) is 0.762. The Morgan fingerprint density at radius 1 is 0.625 bits per heavy atom. The van der Waals surface area contributed by atoms with Crippen LogP contribution >= 0.6 is 0 Å². The fourth-order valence-corrected chi connectivity index (χ4v) is 3.13. The van der Waals surface area contributed by atoms with Gasteiger partial charge in [0.1, 0.15) is 5.75 Å². The molecule has 3 aromatic rings. The van der Waals surface area contributed by atoms with Crippen molar-refractivity contribution >= 4 is 23.2 Å². The Bertz CT molecular complexity index is 1100. The number of anilines is 2. The highest BCUT2D eigenvalue weighted by atomic mass is 16.5. The van der Waals surface area contributed by atoms with Crippen molar-refractivity contribution in [3.05, 3.63) is 71.8 Å². The maximum Gasteiger partial charge on any atom is 0.257 e. The minimum atomic E-state index is -0.443. The molecule has 3 aromatic carbocycles. The third-order valence-electron chi connectivity index (χ3n) is 4.70. The van der Waals surface area contributed by atoms with Crippen LogP contribution in [0.3, 0.4) is 0 Å². The van der Waals surface area contributed by atoms with E-state index >= 15 is 0 Å². The van der Waals surface area contributed by atoms with E-state index in [1.54, 1.807) is 48.5 Å². The fourth-order valence-electron chi connectivity index (χ4n) is 3.13. The summed E-state index contributed by atoms with van der Waals surface area (Å²) in [6, 6.07) is 16.8. The van der Waals surface area contributed by atoms with Crippen molar-refractivity contribution in [2.45, 2.75) is 0 Å². The first-order chi connectivity index (χ1) is 15.5. The smallest absolute Gasteiger partial charge is 0.257 e. The standard InChI is InChI=1S/C24H24N2O6/c1-29-19-12-8-7-11-18(19)26-24(28)16-9-5-6-10-17(16)25-23(27)15-13-20(30-2)22(32-4)21(14-15)31-3/h5-14H,1-4H3,(H,25,27)(H,26,28). The molecule has 0 bridgehead atoms. The van der Waals surface area contributed by atoms with Crippen molar-refractivity contribution in [3.8, 4) is 23.0 Å². The zero-order valence-corrected chi connectivity index (χ0v) is 18.2. The summed E-state index contributed by atoms with van der Waals surface area (Å²) >= 11 is 0. The second kappa shape index (κ2) is 10.2. The van der Waals surface area contributed by atoms with E-state index in [-0.39, 0.29) is 5.56 Å². The number of hydrogen-bond acceptors (Lipinski definition) is 6. The van der Waals surface area contributed by atoms with Crippen molar-refractivity contribution in [2.24, 2.45) is 0 Å². The van der Waals surface area contributed by atoms with E-state index in [2.05, 4.69) is 10.6 Å². The molecule has 0 aliphatic carbocycles. The first-order valence-corrected chi connectivity index (χ1v) is 9.67. The summed E-state index contributed by atoms with van der Waals surface area (Å²) in [6.45, 7) is 0. The Morgan fingerprint density at radius 3 is 1.75 bits per heavy atom. The zero-order chi connectivity index (χ0) is 23.1. The first kappa shape index (κ1) is 22.5. The van der Waals surface area contributed by atoms with Crippen LogP contribution in [0.4, 0.5) is 11.4 Å². The number of carbonyl (C=O) groups is 2. The van der Waals surface area contributed by atoms with E-state index in [1.807, 2.05) is 0 Å². The monoisotopic (exact) mass is 436 g/mol. The summed E-state index contributed by atoms with van der Waals surface area (Å²) in [5, 5.41) is 5.59. The lowest BCUT2D eigenvalue weighted by Crippen LogP contribution is -2.18. The highest BCUT2D eigenvalue weighted by Gasteiger charge is 2.19. The van der Waals surface area contributed by atoms with Gasteiger partial charge < -0.3 is 29.6 Å². The lowest BCUT2D eigenvalue weighted by Gasteiger charge is -2.15. The highest BCUT2D eigenvalue weighted by Crippen LogP contribution is 2.38. The topological polar surface area (TPSA) is 95.1 Å². The molecule has 0 aliphatic heterocycles. The second-order valence-corrected chi connectivity index (χ2v) is 6.57. The summed E-state index contributed by atoms with van der Waals surface area (Å²) in [6.07, 6.45) is 0. The minimum Gasteiger partial charge on any atom is -0.495 e. The molecule has 0 aliphatic rings. The third-order valence-corrected chi connectivity index (χ3v) is 4.70. The van der Waals surface area contributed by atoms with Crippen molar-refractivity contribution in [2.75, 3.05) is 39.1 Å². The largest absolute Gasteiger partial charge is 0.495 e. The predicted molar refractivity (Wildman–Crippen MR) is 121 cm³/mol. The van der Waals surface area contributed by atoms with Gasteiger partial charge in [0.05, 0.1) is 45.4 Å². The van der Waals surface area contributed by atoms with Gasteiger partial charge in [-0.1, -0.05) is 24.3 Å². The summed E-state index contributed by atoms with van der Waals surface area (Å²) in [5.41, 5.74) is 1.43.